The second-order valence-corrected chi connectivity index (χ2v) is 7.74. The molecule has 3 nitrogen and oxygen atoms in total. The molecule has 21 heavy (non-hydrogen) atoms. The first-order valence-electron chi connectivity index (χ1n) is 7.97. The Labute approximate surface area is 126 Å². The summed E-state index contributed by atoms with van der Waals surface area (Å²) in [6.07, 6.45) is 5.96. The number of hydrogen-bond acceptors (Lipinski definition) is 3. The van der Waals surface area contributed by atoms with E-state index in [9.17, 15) is 0 Å². The number of rotatable bonds is 2. The van der Waals surface area contributed by atoms with Gasteiger partial charge in [-0.15, -0.1) is 0 Å². The van der Waals surface area contributed by atoms with Crippen molar-refractivity contribution in [2.45, 2.75) is 46.1 Å². The van der Waals surface area contributed by atoms with Crippen LogP contribution in [0.5, 0.6) is 0 Å². The fourth-order valence-electron chi connectivity index (χ4n) is 4.83. The molecular weight excluding hydrogens is 258 g/mol. The number of fused-ring (bicyclic) bond motifs is 3. The molecule has 110 valence electrons. The summed E-state index contributed by atoms with van der Waals surface area (Å²) in [6.45, 7) is 7.24. The highest BCUT2D eigenvalue weighted by molar-refractivity contribution is 5.78. The van der Waals surface area contributed by atoms with E-state index in [4.69, 9.17) is 4.98 Å². The van der Waals surface area contributed by atoms with E-state index >= 15 is 0 Å². The van der Waals surface area contributed by atoms with Crippen molar-refractivity contribution in [3.05, 3.63) is 30.5 Å². The van der Waals surface area contributed by atoms with E-state index in [0.29, 0.717) is 16.9 Å². The smallest absolute Gasteiger partial charge is 0.223 e. The van der Waals surface area contributed by atoms with Crippen molar-refractivity contribution in [3.8, 4) is 0 Å². The van der Waals surface area contributed by atoms with Gasteiger partial charge in [0.25, 0.3) is 0 Å². The molecule has 3 unspecified atom stereocenters. The van der Waals surface area contributed by atoms with Gasteiger partial charge in [0, 0.05) is 17.6 Å². The maximum Gasteiger partial charge on any atom is 0.223 e. The fourth-order valence-corrected chi connectivity index (χ4v) is 4.83. The highest BCUT2D eigenvalue weighted by atomic mass is 15.1. The number of hydrogen-bond donors (Lipinski definition) is 1. The van der Waals surface area contributed by atoms with Crippen molar-refractivity contribution in [3.63, 3.8) is 0 Å². The monoisotopic (exact) mass is 281 g/mol. The van der Waals surface area contributed by atoms with E-state index < -0.39 is 0 Å². The minimum atomic E-state index is 0.321. The van der Waals surface area contributed by atoms with E-state index in [0.717, 1.165) is 22.8 Å². The highest BCUT2D eigenvalue weighted by Crippen LogP contribution is 2.62. The second-order valence-electron chi connectivity index (χ2n) is 7.74. The van der Waals surface area contributed by atoms with Crippen molar-refractivity contribution >= 4 is 16.9 Å². The van der Waals surface area contributed by atoms with Crippen molar-refractivity contribution in [1.29, 1.82) is 0 Å². The van der Waals surface area contributed by atoms with Crippen LogP contribution in [0.15, 0.2) is 30.5 Å². The molecule has 1 aromatic heterocycles. The summed E-state index contributed by atoms with van der Waals surface area (Å²) in [4.78, 5) is 9.23. The summed E-state index contributed by atoms with van der Waals surface area (Å²) < 4.78 is 0. The van der Waals surface area contributed by atoms with Crippen LogP contribution in [0.3, 0.4) is 0 Å². The van der Waals surface area contributed by atoms with Gasteiger partial charge in [0.1, 0.15) is 0 Å². The van der Waals surface area contributed by atoms with Crippen LogP contribution in [-0.4, -0.2) is 16.0 Å². The minimum absolute atomic E-state index is 0.321. The molecule has 0 radical (unpaired) electrons. The Bertz CT molecular complexity index is 689. The van der Waals surface area contributed by atoms with Gasteiger partial charge in [0.05, 0.1) is 5.52 Å². The van der Waals surface area contributed by atoms with Crippen LogP contribution in [0.1, 0.15) is 40.0 Å². The van der Waals surface area contributed by atoms with Crippen LogP contribution in [0.2, 0.25) is 0 Å². The van der Waals surface area contributed by atoms with Crippen molar-refractivity contribution in [2.24, 2.45) is 16.7 Å². The molecule has 0 aliphatic heterocycles. The number of nitrogens with one attached hydrogen (secondary N) is 1. The maximum absolute atomic E-state index is 4.70. The molecule has 2 aromatic rings. The van der Waals surface area contributed by atoms with E-state index in [-0.39, 0.29) is 0 Å². The first-order chi connectivity index (χ1) is 9.99. The summed E-state index contributed by atoms with van der Waals surface area (Å²) in [7, 11) is 0. The summed E-state index contributed by atoms with van der Waals surface area (Å²) in [5.74, 6) is 1.61. The third-order valence-corrected chi connectivity index (χ3v) is 6.03. The van der Waals surface area contributed by atoms with Gasteiger partial charge in [-0.05, 0) is 42.1 Å². The summed E-state index contributed by atoms with van der Waals surface area (Å²) in [5, 5.41) is 4.77. The number of benzene rings is 1. The van der Waals surface area contributed by atoms with Crippen molar-refractivity contribution in [2.75, 3.05) is 5.32 Å². The van der Waals surface area contributed by atoms with E-state index in [1.807, 2.05) is 18.3 Å². The number of anilines is 1. The predicted octanol–water partition coefficient (Wildman–Crippen LogP) is 4.26. The lowest BCUT2D eigenvalue weighted by atomic mass is 9.68. The lowest BCUT2D eigenvalue weighted by Crippen LogP contribution is -2.46. The molecule has 2 fully saturated rings. The Morgan fingerprint density at radius 2 is 2.00 bits per heavy atom. The number of para-hydroxylation sites is 1. The second kappa shape index (κ2) is 4.19. The molecule has 3 atom stereocenters. The number of nitrogens with zero attached hydrogens (tertiary/aromatic N) is 2. The lowest BCUT2D eigenvalue weighted by molar-refractivity contribution is 0.155. The Morgan fingerprint density at radius 3 is 2.76 bits per heavy atom. The Morgan fingerprint density at radius 1 is 1.19 bits per heavy atom. The zero-order chi connectivity index (χ0) is 14.7. The first kappa shape index (κ1) is 13.1. The highest BCUT2D eigenvalue weighted by Gasteiger charge is 2.59. The molecule has 0 amide bonds. The zero-order valence-corrected chi connectivity index (χ0v) is 13.1. The normalized spacial score (nSPS) is 33.5. The molecular formula is C18H23N3. The molecule has 0 saturated heterocycles. The first-order valence-corrected chi connectivity index (χ1v) is 7.97. The molecule has 1 aromatic carbocycles. The molecule has 1 N–H and O–H groups in total. The van der Waals surface area contributed by atoms with Gasteiger partial charge >= 0.3 is 0 Å². The van der Waals surface area contributed by atoms with Crippen LogP contribution in [0.25, 0.3) is 10.9 Å². The van der Waals surface area contributed by atoms with E-state index in [1.54, 1.807) is 0 Å². The van der Waals surface area contributed by atoms with Gasteiger partial charge in [0.2, 0.25) is 5.95 Å². The van der Waals surface area contributed by atoms with Gasteiger partial charge in [0.15, 0.2) is 0 Å². The Balaban J connectivity index is 1.68. The average Bonchev–Trinajstić information content (AvgIpc) is 2.95. The largest absolute Gasteiger partial charge is 0.350 e. The van der Waals surface area contributed by atoms with Crippen LogP contribution in [0.4, 0.5) is 5.95 Å². The van der Waals surface area contributed by atoms with Crippen LogP contribution < -0.4 is 5.32 Å². The molecule has 2 bridgehead atoms. The van der Waals surface area contributed by atoms with Crippen LogP contribution in [0, 0.1) is 16.7 Å². The van der Waals surface area contributed by atoms with Crippen molar-refractivity contribution < 1.29 is 0 Å². The Kier molecular flexibility index (Phi) is 2.60. The predicted molar refractivity (Wildman–Crippen MR) is 86.2 cm³/mol. The van der Waals surface area contributed by atoms with Crippen LogP contribution in [-0.2, 0) is 0 Å². The SMILES string of the molecule is CC12CCC(C1)C(C)(C)C2Nc1ncc2ccccc2n1. The maximum atomic E-state index is 4.70. The molecule has 4 rings (SSSR count). The third-order valence-electron chi connectivity index (χ3n) is 6.03. The molecule has 1 heterocycles. The van der Waals surface area contributed by atoms with Crippen LogP contribution >= 0.6 is 0 Å². The van der Waals surface area contributed by atoms with Crippen molar-refractivity contribution in [1.82, 2.24) is 9.97 Å². The zero-order valence-electron chi connectivity index (χ0n) is 13.1. The minimum Gasteiger partial charge on any atom is -0.350 e. The lowest BCUT2D eigenvalue weighted by Gasteiger charge is -2.43. The van der Waals surface area contributed by atoms with Gasteiger partial charge < -0.3 is 5.32 Å². The average molecular weight is 281 g/mol. The molecule has 0 spiro atoms. The molecule has 2 aliphatic carbocycles. The van der Waals surface area contributed by atoms with Gasteiger partial charge in [-0.25, -0.2) is 9.97 Å². The number of aromatic nitrogens is 2. The molecule has 2 saturated carbocycles. The van der Waals surface area contributed by atoms with E-state index in [1.165, 1.54) is 19.3 Å². The fraction of sp³-hybridized carbons (Fsp3) is 0.556. The molecule has 3 heteroatoms. The topological polar surface area (TPSA) is 37.8 Å². The summed E-state index contributed by atoms with van der Waals surface area (Å²) in [6, 6.07) is 8.63. The van der Waals surface area contributed by atoms with E-state index in [2.05, 4.69) is 43.2 Å². The Hall–Kier alpha value is -1.64. The van der Waals surface area contributed by atoms with Gasteiger partial charge in [-0.3, -0.25) is 0 Å². The van der Waals surface area contributed by atoms with Gasteiger partial charge in [-0.2, -0.15) is 0 Å². The molecule has 2 aliphatic rings. The van der Waals surface area contributed by atoms with Gasteiger partial charge in [-0.1, -0.05) is 39.0 Å². The standard InChI is InChI=1S/C18H23N3/c1-17(2)13-8-9-18(3,10-13)15(17)21-16-19-11-12-6-4-5-7-14(12)20-16/h4-7,11,13,15H,8-10H2,1-3H3,(H,19,20,21). The summed E-state index contributed by atoms with van der Waals surface area (Å²) >= 11 is 0. The third kappa shape index (κ3) is 1.86. The quantitative estimate of drug-likeness (QED) is 0.894. The summed E-state index contributed by atoms with van der Waals surface area (Å²) in [5.41, 5.74) is 1.73.